The summed E-state index contributed by atoms with van der Waals surface area (Å²) < 4.78 is 19.8. The molecule has 0 fully saturated rings. The van der Waals surface area contributed by atoms with Crippen molar-refractivity contribution in [2.24, 2.45) is 0 Å². The van der Waals surface area contributed by atoms with Crippen LogP contribution < -0.4 is 10.1 Å². The first-order chi connectivity index (χ1) is 15.0. The van der Waals surface area contributed by atoms with Gasteiger partial charge in [-0.1, -0.05) is 23.7 Å². The zero-order valence-corrected chi connectivity index (χ0v) is 17.2. The van der Waals surface area contributed by atoms with Gasteiger partial charge in [-0.2, -0.15) is 0 Å². The molecule has 0 saturated carbocycles. The Bertz CT molecular complexity index is 1230. The molecule has 0 saturated heterocycles. The molecular formula is C24H17ClFN3O2. The van der Waals surface area contributed by atoms with E-state index in [4.69, 9.17) is 16.3 Å². The van der Waals surface area contributed by atoms with Gasteiger partial charge in [-0.15, -0.1) is 0 Å². The summed E-state index contributed by atoms with van der Waals surface area (Å²) in [5.41, 5.74) is 2.94. The van der Waals surface area contributed by atoms with Crippen molar-refractivity contribution in [2.45, 2.75) is 0 Å². The Morgan fingerprint density at radius 3 is 2.55 bits per heavy atom. The van der Waals surface area contributed by atoms with Crippen LogP contribution in [0.15, 0.2) is 79.1 Å². The van der Waals surface area contributed by atoms with Crippen molar-refractivity contribution >= 4 is 23.2 Å². The van der Waals surface area contributed by atoms with Gasteiger partial charge in [0.1, 0.15) is 5.82 Å². The summed E-state index contributed by atoms with van der Waals surface area (Å²) in [6.07, 6.45) is 3.11. The van der Waals surface area contributed by atoms with Gasteiger partial charge in [0.2, 0.25) is 5.88 Å². The lowest BCUT2D eigenvalue weighted by molar-refractivity contribution is 0.102. The first-order valence-corrected chi connectivity index (χ1v) is 9.75. The van der Waals surface area contributed by atoms with E-state index in [-0.39, 0.29) is 5.91 Å². The number of carbonyl (C=O) groups is 1. The van der Waals surface area contributed by atoms with Crippen molar-refractivity contribution in [1.29, 1.82) is 0 Å². The molecule has 2 aromatic heterocycles. The van der Waals surface area contributed by atoms with Crippen molar-refractivity contribution in [1.82, 2.24) is 9.97 Å². The highest BCUT2D eigenvalue weighted by Crippen LogP contribution is 2.32. The van der Waals surface area contributed by atoms with E-state index in [0.29, 0.717) is 44.5 Å². The van der Waals surface area contributed by atoms with Crippen molar-refractivity contribution in [3.05, 3.63) is 95.5 Å². The molecule has 4 rings (SSSR count). The summed E-state index contributed by atoms with van der Waals surface area (Å²) in [6.45, 7) is 0. The van der Waals surface area contributed by atoms with Crippen LogP contribution in [0.5, 0.6) is 5.88 Å². The van der Waals surface area contributed by atoms with Crippen molar-refractivity contribution < 1.29 is 13.9 Å². The molecule has 0 spiro atoms. The van der Waals surface area contributed by atoms with Gasteiger partial charge in [0.15, 0.2) is 0 Å². The summed E-state index contributed by atoms with van der Waals surface area (Å²) in [5, 5.41) is 3.18. The summed E-state index contributed by atoms with van der Waals surface area (Å²) in [6, 6.07) is 18.3. The standard InChI is InChI=1S/C24H17ClFN3O2/c1-31-23-10-7-17(14-28-23)29-24(30)16-6-9-20(25)19(12-16)15-5-8-18(21(26)13-15)22-4-2-3-11-27-22/h2-14H,1H3,(H,29,30). The molecule has 1 amide bonds. The number of rotatable bonds is 5. The second-order valence-electron chi connectivity index (χ2n) is 6.65. The second-order valence-corrected chi connectivity index (χ2v) is 7.05. The van der Waals surface area contributed by atoms with Crippen molar-refractivity contribution in [2.75, 3.05) is 12.4 Å². The molecule has 31 heavy (non-hydrogen) atoms. The highest BCUT2D eigenvalue weighted by molar-refractivity contribution is 6.33. The minimum Gasteiger partial charge on any atom is -0.481 e. The van der Waals surface area contributed by atoms with Gasteiger partial charge in [-0.3, -0.25) is 9.78 Å². The Labute approximate surface area is 183 Å². The highest BCUT2D eigenvalue weighted by atomic mass is 35.5. The van der Waals surface area contributed by atoms with Gasteiger partial charge >= 0.3 is 0 Å². The minimum atomic E-state index is -0.425. The minimum absolute atomic E-state index is 0.338. The van der Waals surface area contributed by atoms with E-state index in [2.05, 4.69) is 15.3 Å². The van der Waals surface area contributed by atoms with Gasteiger partial charge in [-0.05, 0) is 54.1 Å². The lowest BCUT2D eigenvalue weighted by atomic mass is 10.00. The van der Waals surface area contributed by atoms with Crippen LogP contribution in [0.4, 0.5) is 10.1 Å². The van der Waals surface area contributed by atoms with E-state index in [0.717, 1.165) is 0 Å². The molecule has 0 bridgehead atoms. The van der Waals surface area contributed by atoms with Crippen molar-refractivity contribution in [3.63, 3.8) is 0 Å². The molecule has 2 aromatic carbocycles. The molecule has 2 heterocycles. The first kappa shape index (κ1) is 20.5. The average molecular weight is 434 g/mol. The van der Waals surface area contributed by atoms with Crippen LogP contribution in [-0.4, -0.2) is 23.0 Å². The quantitative estimate of drug-likeness (QED) is 0.428. The topological polar surface area (TPSA) is 64.1 Å². The molecule has 5 nitrogen and oxygen atoms in total. The monoisotopic (exact) mass is 433 g/mol. The van der Waals surface area contributed by atoms with Crippen molar-refractivity contribution in [3.8, 4) is 28.3 Å². The SMILES string of the molecule is COc1ccc(NC(=O)c2ccc(Cl)c(-c3ccc(-c4ccccn4)c(F)c3)c2)cn1. The second kappa shape index (κ2) is 8.93. The van der Waals surface area contributed by atoms with Crippen LogP contribution in [0.1, 0.15) is 10.4 Å². The zero-order chi connectivity index (χ0) is 21.8. The molecule has 1 N–H and O–H groups in total. The third-order valence-electron chi connectivity index (χ3n) is 4.65. The number of methoxy groups -OCH3 is 1. The lowest BCUT2D eigenvalue weighted by Crippen LogP contribution is -2.12. The predicted molar refractivity (Wildman–Crippen MR) is 119 cm³/mol. The predicted octanol–water partition coefficient (Wildman–Crippen LogP) is 5.86. The lowest BCUT2D eigenvalue weighted by Gasteiger charge is -2.11. The van der Waals surface area contributed by atoms with E-state index in [1.807, 2.05) is 0 Å². The normalized spacial score (nSPS) is 10.5. The Hall–Kier alpha value is -3.77. The fourth-order valence-corrected chi connectivity index (χ4v) is 3.31. The van der Waals surface area contributed by atoms with E-state index in [9.17, 15) is 9.18 Å². The molecule has 0 aliphatic heterocycles. The maximum atomic E-state index is 14.8. The zero-order valence-electron chi connectivity index (χ0n) is 16.5. The highest BCUT2D eigenvalue weighted by Gasteiger charge is 2.14. The molecule has 4 aromatic rings. The molecule has 154 valence electrons. The van der Waals surface area contributed by atoms with Crippen LogP contribution in [-0.2, 0) is 0 Å². The number of carbonyl (C=O) groups excluding carboxylic acids is 1. The molecule has 0 aliphatic carbocycles. The fourth-order valence-electron chi connectivity index (χ4n) is 3.08. The van der Waals surface area contributed by atoms with Gasteiger partial charge in [0.05, 0.1) is 24.7 Å². The number of hydrogen-bond donors (Lipinski definition) is 1. The number of amides is 1. The number of halogens is 2. The van der Waals surface area contributed by atoms with Crippen LogP contribution in [0, 0.1) is 5.82 Å². The van der Waals surface area contributed by atoms with E-state index in [1.54, 1.807) is 66.9 Å². The molecule has 0 unspecified atom stereocenters. The van der Waals surface area contributed by atoms with Crippen LogP contribution in [0.2, 0.25) is 5.02 Å². The smallest absolute Gasteiger partial charge is 0.255 e. The number of anilines is 1. The molecule has 0 radical (unpaired) electrons. The number of nitrogens with one attached hydrogen (secondary N) is 1. The maximum Gasteiger partial charge on any atom is 0.255 e. The molecular weight excluding hydrogens is 417 g/mol. The van der Waals surface area contributed by atoms with E-state index in [1.165, 1.54) is 19.4 Å². The van der Waals surface area contributed by atoms with Gasteiger partial charge in [0, 0.05) is 34.0 Å². The number of nitrogens with zero attached hydrogens (tertiary/aromatic N) is 2. The maximum absolute atomic E-state index is 14.8. The van der Waals surface area contributed by atoms with E-state index < -0.39 is 5.82 Å². The number of ether oxygens (including phenoxy) is 1. The number of hydrogen-bond acceptors (Lipinski definition) is 4. The third-order valence-corrected chi connectivity index (χ3v) is 4.98. The van der Waals surface area contributed by atoms with E-state index >= 15 is 0 Å². The fraction of sp³-hybridized carbons (Fsp3) is 0.0417. The average Bonchev–Trinajstić information content (AvgIpc) is 2.80. The third kappa shape index (κ3) is 4.54. The van der Waals surface area contributed by atoms with Crippen LogP contribution >= 0.6 is 11.6 Å². The van der Waals surface area contributed by atoms with Crippen LogP contribution in [0.25, 0.3) is 22.4 Å². The van der Waals surface area contributed by atoms with Gasteiger partial charge < -0.3 is 10.1 Å². The molecule has 7 heteroatoms. The first-order valence-electron chi connectivity index (χ1n) is 9.37. The summed E-state index contributed by atoms with van der Waals surface area (Å²) >= 11 is 6.35. The Morgan fingerprint density at radius 1 is 1.00 bits per heavy atom. The van der Waals surface area contributed by atoms with Crippen LogP contribution in [0.3, 0.4) is 0 Å². The number of benzene rings is 2. The van der Waals surface area contributed by atoms with Gasteiger partial charge in [0.25, 0.3) is 5.91 Å². The Kier molecular flexibility index (Phi) is 5.91. The Morgan fingerprint density at radius 2 is 1.87 bits per heavy atom. The summed E-state index contributed by atoms with van der Waals surface area (Å²) in [5.74, 6) is -0.315. The summed E-state index contributed by atoms with van der Waals surface area (Å²) in [7, 11) is 1.52. The van der Waals surface area contributed by atoms with Gasteiger partial charge in [-0.25, -0.2) is 9.37 Å². The molecule has 0 atom stereocenters. The summed E-state index contributed by atoms with van der Waals surface area (Å²) in [4.78, 5) is 20.9. The Balaban J connectivity index is 1.61. The number of pyridine rings is 2. The molecule has 0 aliphatic rings. The largest absolute Gasteiger partial charge is 0.481 e. The number of aromatic nitrogens is 2.